The normalized spacial score (nSPS) is 15.4. The molecule has 0 bridgehead atoms. The van der Waals surface area contributed by atoms with Crippen LogP contribution in [0.1, 0.15) is 40.3 Å². The first-order chi connectivity index (χ1) is 14.8. The van der Waals surface area contributed by atoms with E-state index in [1.54, 1.807) is 6.07 Å². The number of hydrogen-bond acceptors (Lipinski definition) is 4. The van der Waals surface area contributed by atoms with Crippen molar-refractivity contribution >= 4 is 11.6 Å². The molecule has 3 heterocycles. The van der Waals surface area contributed by atoms with Crippen LogP contribution in [0.25, 0.3) is 5.65 Å². The molecule has 0 saturated carbocycles. The van der Waals surface area contributed by atoms with Gasteiger partial charge in [-0.15, -0.1) is 0 Å². The number of hydrogen-bond donors (Lipinski definition) is 0. The van der Waals surface area contributed by atoms with Crippen molar-refractivity contribution in [1.29, 1.82) is 0 Å². The van der Waals surface area contributed by atoms with Crippen LogP contribution in [0.3, 0.4) is 0 Å². The van der Waals surface area contributed by atoms with Crippen LogP contribution < -0.4 is 0 Å². The summed E-state index contributed by atoms with van der Waals surface area (Å²) < 4.78 is 66.6. The quantitative estimate of drug-likeness (QED) is 0.569. The summed E-state index contributed by atoms with van der Waals surface area (Å²) in [5.74, 6) is -0.806. The van der Waals surface area contributed by atoms with E-state index in [1.165, 1.54) is 17.0 Å². The fourth-order valence-electron chi connectivity index (χ4n) is 3.55. The van der Waals surface area contributed by atoms with E-state index in [2.05, 4.69) is 15.0 Å². The van der Waals surface area contributed by atoms with Crippen molar-refractivity contribution in [2.75, 3.05) is 26.2 Å². The maximum atomic E-state index is 13.3. The highest BCUT2D eigenvalue weighted by molar-refractivity contribution is 5.93. The lowest BCUT2D eigenvalue weighted by Crippen LogP contribution is -2.48. The van der Waals surface area contributed by atoms with Gasteiger partial charge in [0.1, 0.15) is 17.2 Å². The minimum absolute atomic E-state index is 0.139. The average Bonchev–Trinajstić information content (AvgIpc) is 3.17. The number of nitrogens with zero attached hydrogens (tertiary/aromatic N) is 5. The number of carbonyl (C=O) groups excluding carboxylic acids is 1. The van der Waals surface area contributed by atoms with Crippen LogP contribution in [-0.4, -0.2) is 56.5 Å². The zero-order valence-corrected chi connectivity index (χ0v) is 16.2. The standard InChI is InChI=1S/C20H18F5N5O/c21-13-3-1-2-12(8-13)11-28-4-6-29(7-5-28)20(31)15-10-17-26-14(18(22)23)9-16(19(24)25)30(17)27-15/h1-3,8-10,18-19H,4-7,11H2. The van der Waals surface area contributed by atoms with Gasteiger partial charge in [-0.05, 0) is 23.8 Å². The Hall–Kier alpha value is -3.08. The first kappa shape index (κ1) is 21.2. The maximum Gasteiger partial charge on any atom is 0.280 e. The van der Waals surface area contributed by atoms with E-state index in [9.17, 15) is 26.7 Å². The van der Waals surface area contributed by atoms with Gasteiger partial charge in [-0.25, -0.2) is 31.5 Å². The molecule has 1 amide bonds. The lowest BCUT2D eigenvalue weighted by molar-refractivity contribution is 0.0621. The van der Waals surface area contributed by atoms with Crippen molar-refractivity contribution in [3.8, 4) is 0 Å². The van der Waals surface area contributed by atoms with Crippen LogP contribution in [0.4, 0.5) is 22.0 Å². The van der Waals surface area contributed by atoms with E-state index >= 15 is 0 Å². The molecule has 6 nitrogen and oxygen atoms in total. The Bertz CT molecular complexity index is 1090. The maximum absolute atomic E-state index is 13.3. The zero-order valence-electron chi connectivity index (χ0n) is 16.2. The van der Waals surface area contributed by atoms with Crippen LogP contribution in [-0.2, 0) is 6.54 Å². The van der Waals surface area contributed by atoms with Gasteiger partial charge in [-0.2, -0.15) is 5.10 Å². The van der Waals surface area contributed by atoms with Crippen LogP contribution >= 0.6 is 0 Å². The van der Waals surface area contributed by atoms with E-state index in [0.717, 1.165) is 16.1 Å². The first-order valence-electron chi connectivity index (χ1n) is 9.55. The SMILES string of the molecule is O=C(c1cc2nc(C(F)F)cc(C(F)F)n2n1)N1CCN(Cc2cccc(F)c2)CC1. The van der Waals surface area contributed by atoms with Gasteiger partial charge in [0.05, 0.1) is 0 Å². The Labute approximate surface area is 173 Å². The summed E-state index contributed by atoms with van der Waals surface area (Å²) in [5, 5.41) is 3.89. The van der Waals surface area contributed by atoms with E-state index in [4.69, 9.17) is 0 Å². The lowest BCUT2D eigenvalue weighted by atomic mass is 10.2. The highest BCUT2D eigenvalue weighted by Gasteiger charge is 2.26. The smallest absolute Gasteiger partial charge is 0.280 e. The second-order valence-corrected chi connectivity index (χ2v) is 7.21. The van der Waals surface area contributed by atoms with Gasteiger partial charge >= 0.3 is 0 Å². The number of alkyl halides is 4. The Morgan fingerprint density at radius 1 is 1.00 bits per heavy atom. The molecule has 1 aliphatic rings. The average molecular weight is 439 g/mol. The summed E-state index contributed by atoms with van der Waals surface area (Å²) in [5.41, 5.74) is -1.10. The number of rotatable bonds is 5. The Kier molecular flexibility index (Phi) is 5.86. The third-order valence-electron chi connectivity index (χ3n) is 5.10. The fourth-order valence-corrected chi connectivity index (χ4v) is 3.55. The summed E-state index contributed by atoms with van der Waals surface area (Å²) in [4.78, 5) is 20.0. The molecule has 4 rings (SSSR count). The summed E-state index contributed by atoms with van der Waals surface area (Å²) in [7, 11) is 0. The summed E-state index contributed by atoms with van der Waals surface area (Å²) in [6.07, 6.45) is -6.08. The summed E-state index contributed by atoms with van der Waals surface area (Å²) in [6, 6.07) is 8.00. The second-order valence-electron chi connectivity index (χ2n) is 7.21. The number of halogens is 5. The molecule has 0 atom stereocenters. The van der Waals surface area contributed by atoms with Crippen LogP contribution in [0, 0.1) is 5.82 Å². The van der Waals surface area contributed by atoms with E-state index < -0.39 is 30.1 Å². The molecule has 1 aliphatic heterocycles. The first-order valence-corrected chi connectivity index (χ1v) is 9.55. The van der Waals surface area contributed by atoms with Gasteiger partial charge < -0.3 is 4.90 Å². The molecule has 0 radical (unpaired) electrons. The molecule has 31 heavy (non-hydrogen) atoms. The topological polar surface area (TPSA) is 53.7 Å². The van der Waals surface area contributed by atoms with Crippen molar-refractivity contribution < 1.29 is 26.7 Å². The lowest BCUT2D eigenvalue weighted by Gasteiger charge is -2.34. The zero-order chi connectivity index (χ0) is 22.1. The largest absolute Gasteiger partial charge is 0.335 e. The van der Waals surface area contributed by atoms with Crippen molar-refractivity contribution in [3.63, 3.8) is 0 Å². The molecule has 164 valence electrons. The number of fused-ring (bicyclic) bond motifs is 1. The third-order valence-corrected chi connectivity index (χ3v) is 5.10. The predicted molar refractivity (Wildman–Crippen MR) is 100 cm³/mol. The molecule has 0 aliphatic carbocycles. The van der Waals surface area contributed by atoms with Crippen molar-refractivity contribution in [3.05, 3.63) is 64.9 Å². The van der Waals surface area contributed by atoms with Gasteiger partial charge in [0.2, 0.25) is 0 Å². The van der Waals surface area contributed by atoms with E-state index in [1.807, 2.05) is 6.07 Å². The molecule has 2 aromatic heterocycles. The Morgan fingerprint density at radius 3 is 2.39 bits per heavy atom. The number of benzene rings is 1. The minimum atomic E-state index is -3.06. The predicted octanol–water partition coefficient (Wildman–Crippen LogP) is 3.70. The van der Waals surface area contributed by atoms with E-state index in [0.29, 0.717) is 38.8 Å². The van der Waals surface area contributed by atoms with Gasteiger partial charge in [-0.1, -0.05) is 12.1 Å². The van der Waals surface area contributed by atoms with Gasteiger partial charge in [0.15, 0.2) is 11.3 Å². The number of aromatic nitrogens is 3. The molecular weight excluding hydrogens is 421 g/mol. The molecule has 1 saturated heterocycles. The van der Waals surface area contributed by atoms with Crippen molar-refractivity contribution in [2.45, 2.75) is 19.4 Å². The molecule has 1 aromatic carbocycles. The molecule has 0 unspecified atom stereocenters. The fraction of sp³-hybridized carbons (Fsp3) is 0.350. The van der Waals surface area contributed by atoms with Crippen molar-refractivity contribution in [2.24, 2.45) is 0 Å². The van der Waals surface area contributed by atoms with Gasteiger partial charge in [0, 0.05) is 38.8 Å². The van der Waals surface area contributed by atoms with Crippen LogP contribution in [0.2, 0.25) is 0 Å². The van der Waals surface area contributed by atoms with Crippen molar-refractivity contribution in [1.82, 2.24) is 24.4 Å². The Balaban J connectivity index is 1.48. The minimum Gasteiger partial charge on any atom is -0.335 e. The summed E-state index contributed by atoms with van der Waals surface area (Å²) in [6.45, 7) is 2.32. The highest BCUT2D eigenvalue weighted by Crippen LogP contribution is 2.25. The molecule has 11 heteroatoms. The molecule has 0 spiro atoms. The van der Waals surface area contributed by atoms with Crippen LogP contribution in [0.15, 0.2) is 36.4 Å². The molecular formula is C20H18F5N5O. The third kappa shape index (κ3) is 4.50. The van der Waals surface area contributed by atoms with E-state index in [-0.39, 0.29) is 17.2 Å². The van der Waals surface area contributed by atoms with Gasteiger partial charge in [-0.3, -0.25) is 9.69 Å². The number of carbonyl (C=O) groups is 1. The molecule has 1 fully saturated rings. The highest BCUT2D eigenvalue weighted by atomic mass is 19.3. The number of piperazine rings is 1. The molecule has 3 aromatic rings. The van der Waals surface area contributed by atoms with Gasteiger partial charge in [0.25, 0.3) is 18.8 Å². The summed E-state index contributed by atoms with van der Waals surface area (Å²) >= 11 is 0. The second kappa shape index (κ2) is 8.58. The number of amides is 1. The van der Waals surface area contributed by atoms with Crippen LogP contribution in [0.5, 0.6) is 0 Å². The monoisotopic (exact) mass is 439 g/mol. The Morgan fingerprint density at radius 2 is 1.74 bits per heavy atom. The molecule has 0 N–H and O–H groups in total.